The maximum atomic E-state index is 10.9. The molecule has 0 aromatic heterocycles. The molecule has 0 spiro atoms. The molecule has 1 N–H and O–H groups in total. The zero-order valence-electron chi connectivity index (χ0n) is 6.61. The number of hydrogen-bond donors (Lipinski definition) is 1. The zero-order valence-corrected chi connectivity index (χ0v) is 6.61. The van der Waals surface area contributed by atoms with Crippen molar-refractivity contribution >= 4 is 5.97 Å². The maximum Gasteiger partial charge on any atom is 0.337 e. The molecule has 1 aliphatic heterocycles. The van der Waals surface area contributed by atoms with E-state index in [9.17, 15) is 9.90 Å². The Labute approximate surface area is 65.1 Å². The Hall–Kier alpha value is -0.610. The van der Waals surface area contributed by atoms with Gasteiger partial charge in [0, 0.05) is 6.42 Å². The second kappa shape index (κ2) is 3.19. The first-order valence-electron chi connectivity index (χ1n) is 3.56. The molecule has 0 aromatic rings. The van der Waals surface area contributed by atoms with Crippen molar-refractivity contribution < 1.29 is 19.4 Å². The van der Waals surface area contributed by atoms with E-state index < -0.39 is 18.2 Å². The van der Waals surface area contributed by atoms with E-state index in [1.54, 1.807) is 0 Å². The number of ether oxygens (including phenoxy) is 2. The van der Waals surface area contributed by atoms with Crippen LogP contribution in [0.3, 0.4) is 0 Å². The van der Waals surface area contributed by atoms with Crippen LogP contribution >= 0.6 is 0 Å². The van der Waals surface area contributed by atoms with Crippen molar-refractivity contribution in [2.24, 2.45) is 0 Å². The number of hydrogen-bond acceptors (Lipinski definition) is 4. The van der Waals surface area contributed by atoms with E-state index in [0.717, 1.165) is 0 Å². The van der Waals surface area contributed by atoms with E-state index in [1.165, 1.54) is 7.11 Å². The minimum Gasteiger partial charge on any atom is -0.467 e. The minimum absolute atomic E-state index is 0.0610. The Balaban J connectivity index is 2.52. The monoisotopic (exact) mass is 160 g/mol. The lowest BCUT2D eigenvalue weighted by Crippen LogP contribution is -2.31. The molecule has 0 bridgehead atoms. The molecule has 4 heteroatoms. The van der Waals surface area contributed by atoms with Crippen LogP contribution in [0.4, 0.5) is 0 Å². The Kier molecular flexibility index (Phi) is 2.46. The van der Waals surface area contributed by atoms with Crippen molar-refractivity contribution in [1.29, 1.82) is 0 Å². The number of carbonyl (C=O) groups excluding carboxylic acids is 1. The van der Waals surface area contributed by atoms with Gasteiger partial charge in [0.25, 0.3) is 0 Å². The molecule has 64 valence electrons. The molecule has 1 heterocycles. The van der Waals surface area contributed by atoms with E-state index in [1.807, 2.05) is 6.92 Å². The summed E-state index contributed by atoms with van der Waals surface area (Å²) in [5.41, 5.74) is 0. The van der Waals surface area contributed by atoms with Gasteiger partial charge in [-0.15, -0.1) is 0 Å². The van der Waals surface area contributed by atoms with Crippen LogP contribution < -0.4 is 0 Å². The van der Waals surface area contributed by atoms with Crippen LogP contribution in [-0.2, 0) is 14.3 Å². The predicted molar refractivity (Wildman–Crippen MR) is 37.0 cm³/mol. The lowest BCUT2D eigenvalue weighted by molar-refractivity contribution is -0.156. The molecule has 1 unspecified atom stereocenters. The minimum atomic E-state index is -0.782. The fourth-order valence-corrected chi connectivity index (χ4v) is 1.19. The quantitative estimate of drug-likeness (QED) is 0.535. The molecule has 0 saturated carbocycles. The van der Waals surface area contributed by atoms with Crippen molar-refractivity contribution in [1.82, 2.24) is 0 Å². The van der Waals surface area contributed by atoms with E-state index in [-0.39, 0.29) is 6.10 Å². The second-order valence-electron chi connectivity index (χ2n) is 2.69. The summed E-state index contributed by atoms with van der Waals surface area (Å²) in [6.45, 7) is 1.81. The largest absolute Gasteiger partial charge is 0.467 e. The molecule has 0 radical (unpaired) electrons. The Bertz CT molecular complexity index is 157. The molecule has 11 heavy (non-hydrogen) atoms. The summed E-state index contributed by atoms with van der Waals surface area (Å²) < 4.78 is 9.53. The van der Waals surface area contributed by atoms with Crippen LogP contribution in [0.5, 0.6) is 0 Å². The summed E-state index contributed by atoms with van der Waals surface area (Å²) in [6.07, 6.45) is -1.05. The van der Waals surface area contributed by atoms with Crippen molar-refractivity contribution in [3.8, 4) is 0 Å². The van der Waals surface area contributed by atoms with Crippen molar-refractivity contribution in [2.75, 3.05) is 7.11 Å². The highest BCUT2D eigenvalue weighted by atomic mass is 16.6. The van der Waals surface area contributed by atoms with Crippen molar-refractivity contribution in [3.05, 3.63) is 0 Å². The Morgan fingerprint density at radius 3 is 2.73 bits per heavy atom. The molecular weight excluding hydrogens is 148 g/mol. The van der Waals surface area contributed by atoms with Gasteiger partial charge in [-0.2, -0.15) is 0 Å². The number of rotatable bonds is 1. The van der Waals surface area contributed by atoms with Gasteiger partial charge in [-0.1, -0.05) is 0 Å². The van der Waals surface area contributed by atoms with Gasteiger partial charge in [-0.25, -0.2) is 4.79 Å². The summed E-state index contributed by atoms with van der Waals surface area (Å²) in [7, 11) is 1.28. The van der Waals surface area contributed by atoms with Gasteiger partial charge in [-0.05, 0) is 6.92 Å². The average molecular weight is 160 g/mol. The van der Waals surface area contributed by atoms with Crippen molar-refractivity contribution in [3.63, 3.8) is 0 Å². The van der Waals surface area contributed by atoms with Gasteiger partial charge >= 0.3 is 5.97 Å². The van der Waals surface area contributed by atoms with E-state index in [4.69, 9.17) is 4.74 Å². The highest BCUT2D eigenvalue weighted by molar-refractivity contribution is 5.75. The number of aliphatic hydroxyl groups is 1. The molecule has 1 rings (SSSR count). The number of methoxy groups -OCH3 is 1. The average Bonchev–Trinajstić information content (AvgIpc) is 2.28. The number of carbonyl (C=O) groups is 1. The predicted octanol–water partition coefficient (Wildman–Crippen LogP) is -0.302. The van der Waals surface area contributed by atoms with E-state index in [2.05, 4.69) is 4.74 Å². The molecule has 3 atom stereocenters. The molecule has 0 amide bonds. The van der Waals surface area contributed by atoms with Gasteiger partial charge in [0.2, 0.25) is 0 Å². The topological polar surface area (TPSA) is 55.8 Å². The van der Waals surface area contributed by atoms with Crippen LogP contribution in [0.1, 0.15) is 13.3 Å². The third-order valence-electron chi connectivity index (χ3n) is 1.74. The SMILES string of the molecule is COC(=O)[C@H]1O[C@@H](C)CC1O. The lowest BCUT2D eigenvalue weighted by atomic mass is 10.1. The summed E-state index contributed by atoms with van der Waals surface area (Å²) in [6, 6.07) is 0. The first-order chi connectivity index (χ1) is 5.15. The Morgan fingerprint density at radius 2 is 2.36 bits per heavy atom. The summed E-state index contributed by atoms with van der Waals surface area (Å²) in [4.78, 5) is 10.9. The molecule has 1 saturated heterocycles. The first kappa shape index (κ1) is 8.49. The van der Waals surface area contributed by atoms with E-state index in [0.29, 0.717) is 6.42 Å². The molecule has 0 aromatic carbocycles. The van der Waals surface area contributed by atoms with Gasteiger partial charge in [-0.3, -0.25) is 0 Å². The van der Waals surface area contributed by atoms with Crippen LogP contribution in [-0.4, -0.2) is 36.5 Å². The third kappa shape index (κ3) is 1.70. The molecule has 1 fully saturated rings. The van der Waals surface area contributed by atoms with E-state index >= 15 is 0 Å². The number of aliphatic hydroxyl groups excluding tert-OH is 1. The van der Waals surface area contributed by atoms with Gasteiger partial charge in [0.1, 0.15) is 0 Å². The van der Waals surface area contributed by atoms with Gasteiger partial charge in [0.05, 0.1) is 19.3 Å². The van der Waals surface area contributed by atoms with Crippen LogP contribution in [0.2, 0.25) is 0 Å². The standard InChI is InChI=1S/C7H12O4/c1-4-3-5(8)6(11-4)7(9)10-2/h4-6,8H,3H2,1-2H3/t4-,5?,6-/m0/s1. The normalized spacial score (nSPS) is 37.2. The summed E-state index contributed by atoms with van der Waals surface area (Å²) in [5.74, 6) is -0.498. The zero-order chi connectivity index (χ0) is 8.43. The first-order valence-corrected chi connectivity index (χ1v) is 3.56. The highest BCUT2D eigenvalue weighted by Gasteiger charge is 2.37. The molecule has 0 aliphatic carbocycles. The third-order valence-corrected chi connectivity index (χ3v) is 1.74. The fourth-order valence-electron chi connectivity index (χ4n) is 1.19. The molecule has 1 aliphatic rings. The molecule has 4 nitrogen and oxygen atoms in total. The number of esters is 1. The molecular formula is C7H12O4. The van der Waals surface area contributed by atoms with Crippen LogP contribution in [0, 0.1) is 0 Å². The van der Waals surface area contributed by atoms with Crippen LogP contribution in [0.25, 0.3) is 0 Å². The highest BCUT2D eigenvalue weighted by Crippen LogP contribution is 2.20. The maximum absolute atomic E-state index is 10.9. The summed E-state index contributed by atoms with van der Waals surface area (Å²) in [5, 5.41) is 9.24. The summed E-state index contributed by atoms with van der Waals surface area (Å²) >= 11 is 0. The van der Waals surface area contributed by atoms with Crippen molar-refractivity contribution in [2.45, 2.75) is 31.7 Å². The Morgan fingerprint density at radius 1 is 1.73 bits per heavy atom. The van der Waals surface area contributed by atoms with Gasteiger partial charge in [0.15, 0.2) is 6.10 Å². The smallest absolute Gasteiger partial charge is 0.337 e. The second-order valence-corrected chi connectivity index (χ2v) is 2.69. The lowest BCUT2D eigenvalue weighted by Gasteiger charge is -2.10. The van der Waals surface area contributed by atoms with Crippen LogP contribution in [0.15, 0.2) is 0 Å². The van der Waals surface area contributed by atoms with Gasteiger partial charge < -0.3 is 14.6 Å². The fraction of sp³-hybridized carbons (Fsp3) is 0.857.